The Labute approximate surface area is 116 Å². The van der Waals surface area contributed by atoms with Crippen LogP contribution in [-0.2, 0) is 13.0 Å². The fourth-order valence-corrected chi connectivity index (χ4v) is 3.34. The van der Waals surface area contributed by atoms with Crippen molar-refractivity contribution in [3.05, 3.63) is 12.2 Å². The number of hydrogen-bond acceptors (Lipinski definition) is 3. The van der Waals surface area contributed by atoms with Crippen molar-refractivity contribution >= 4 is 0 Å². The summed E-state index contributed by atoms with van der Waals surface area (Å²) in [6.45, 7) is 7.42. The van der Waals surface area contributed by atoms with E-state index in [0.29, 0.717) is 12.3 Å². The van der Waals surface area contributed by atoms with Gasteiger partial charge in [-0.2, -0.15) is 5.10 Å². The smallest absolute Gasteiger partial charge is 0.138 e. The molecule has 0 aliphatic heterocycles. The van der Waals surface area contributed by atoms with Gasteiger partial charge in [-0.1, -0.05) is 33.6 Å². The van der Waals surface area contributed by atoms with Crippen LogP contribution >= 0.6 is 0 Å². The summed E-state index contributed by atoms with van der Waals surface area (Å²) in [4.78, 5) is 4.34. The molecule has 1 aliphatic rings. The second-order valence-corrected chi connectivity index (χ2v) is 6.40. The topological polar surface area (TPSA) is 50.9 Å². The summed E-state index contributed by atoms with van der Waals surface area (Å²) in [5, 5.41) is 14.9. The molecule has 0 aromatic carbocycles. The average molecular weight is 265 g/mol. The lowest BCUT2D eigenvalue weighted by Crippen LogP contribution is -2.34. The molecular weight excluding hydrogens is 238 g/mol. The summed E-state index contributed by atoms with van der Waals surface area (Å²) >= 11 is 0. The van der Waals surface area contributed by atoms with E-state index in [9.17, 15) is 5.11 Å². The lowest BCUT2D eigenvalue weighted by atomic mass is 9.76. The second kappa shape index (κ2) is 6.04. The lowest BCUT2D eigenvalue weighted by molar-refractivity contribution is 0.0234. The van der Waals surface area contributed by atoms with Crippen molar-refractivity contribution < 1.29 is 5.11 Å². The third-order valence-electron chi connectivity index (χ3n) is 4.62. The van der Waals surface area contributed by atoms with Crippen molar-refractivity contribution in [2.24, 2.45) is 11.3 Å². The number of hydrogen-bond donors (Lipinski definition) is 1. The molecule has 1 N–H and O–H groups in total. The maximum Gasteiger partial charge on any atom is 0.138 e. The van der Waals surface area contributed by atoms with Gasteiger partial charge in [-0.3, -0.25) is 0 Å². The minimum atomic E-state index is -0.282. The largest absolute Gasteiger partial charge is 0.392 e. The zero-order valence-corrected chi connectivity index (χ0v) is 12.5. The summed E-state index contributed by atoms with van der Waals surface area (Å²) in [5.74, 6) is 1.48. The van der Waals surface area contributed by atoms with Crippen LogP contribution in [0, 0.1) is 11.3 Å². The third kappa shape index (κ3) is 3.16. The molecule has 1 unspecified atom stereocenters. The summed E-state index contributed by atoms with van der Waals surface area (Å²) in [7, 11) is 0. The first-order valence-corrected chi connectivity index (χ1v) is 7.62. The molecular formula is C15H27N3O. The van der Waals surface area contributed by atoms with Gasteiger partial charge in [-0.05, 0) is 30.6 Å². The molecule has 0 amide bonds. The van der Waals surface area contributed by atoms with Gasteiger partial charge in [-0.15, -0.1) is 0 Å². The zero-order valence-electron chi connectivity index (χ0n) is 12.5. The van der Waals surface area contributed by atoms with Crippen LogP contribution in [0.5, 0.6) is 0 Å². The number of aliphatic hydroxyl groups excluding tert-OH is 1. The molecule has 1 atom stereocenters. The molecule has 2 rings (SSSR count). The number of aliphatic hydroxyl groups is 1. The summed E-state index contributed by atoms with van der Waals surface area (Å²) in [5.41, 5.74) is 0.120. The van der Waals surface area contributed by atoms with Gasteiger partial charge < -0.3 is 5.11 Å². The minimum Gasteiger partial charge on any atom is -0.392 e. The second-order valence-electron chi connectivity index (χ2n) is 6.40. The van der Waals surface area contributed by atoms with Gasteiger partial charge in [0, 0.05) is 13.0 Å². The Morgan fingerprint density at radius 3 is 2.63 bits per heavy atom. The minimum absolute atomic E-state index is 0.120. The molecule has 0 spiro atoms. The lowest BCUT2D eigenvalue weighted by Gasteiger charge is -2.33. The maximum absolute atomic E-state index is 10.6. The quantitative estimate of drug-likeness (QED) is 0.860. The highest BCUT2D eigenvalue weighted by atomic mass is 16.3. The fourth-order valence-electron chi connectivity index (χ4n) is 3.34. The first-order valence-electron chi connectivity index (χ1n) is 7.62. The molecule has 1 aromatic rings. The summed E-state index contributed by atoms with van der Waals surface area (Å²) < 4.78 is 1.95. The molecule has 0 radical (unpaired) electrons. The van der Waals surface area contributed by atoms with E-state index in [-0.39, 0.29) is 11.5 Å². The van der Waals surface area contributed by atoms with Gasteiger partial charge in [0.1, 0.15) is 12.2 Å². The van der Waals surface area contributed by atoms with Crippen molar-refractivity contribution in [1.82, 2.24) is 14.8 Å². The van der Waals surface area contributed by atoms with Gasteiger partial charge in [-0.25, -0.2) is 9.67 Å². The number of aromatic nitrogens is 3. The number of nitrogens with zero attached hydrogens (tertiary/aromatic N) is 3. The first kappa shape index (κ1) is 14.5. The highest BCUT2D eigenvalue weighted by molar-refractivity contribution is 4.97. The van der Waals surface area contributed by atoms with E-state index in [4.69, 9.17) is 0 Å². The van der Waals surface area contributed by atoms with E-state index >= 15 is 0 Å². The Kier molecular flexibility index (Phi) is 4.61. The molecule has 0 saturated heterocycles. The van der Waals surface area contributed by atoms with Crippen molar-refractivity contribution in [3.63, 3.8) is 0 Å². The van der Waals surface area contributed by atoms with Gasteiger partial charge in [0.25, 0.3) is 0 Å². The Hall–Kier alpha value is -0.900. The summed E-state index contributed by atoms with van der Waals surface area (Å²) in [6.07, 6.45) is 7.85. The van der Waals surface area contributed by atoms with Crippen LogP contribution in [0.3, 0.4) is 0 Å². The Balaban J connectivity index is 2.06. The van der Waals surface area contributed by atoms with Crippen molar-refractivity contribution in [2.75, 3.05) is 0 Å². The van der Waals surface area contributed by atoms with E-state index < -0.39 is 0 Å². The van der Waals surface area contributed by atoms with E-state index in [1.165, 1.54) is 12.8 Å². The zero-order chi connectivity index (χ0) is 13.9. The Morgan fingerprint density at radius 1 is 1.37 bits per heavy atom. The third-order valence-corrected chi connectivity index (χ3v) is 4.62. The van der Waals surface area contributed by atoms with E-state index in [1.807, 2.05) is 4.68 Å². The predicted molar refractivity (Wildman–Crippen MR) is 75.8 cm³/mol. The molecule has 108 valence electrons. The van der Waals surface area contributed by atoms with E-state index in [2.05, 4.69) is 30.9 Å². The Bertz CT molecular complexity index is 394. The molecule has 1 fully saturated rings. The molecule has 1 saturated carbocycles. The van der Waals surface area contributed by atoms with Gasteiger partial charge >= 0.3 is 0 Å². The maximum atomic E-state index is 10.6. The molecule has 19 heavy (non-hydrogen) atoms. The highest BCUT2D eigenvalue weighted by Gasteiger charge is 2.39. The molecule has 1 heterocycles. The predicted octanol–water partition coefficient (Wildman–Crippen LogP) is 2.81. The van der Waals surface area contributed by atoms with Crippen LogP contribution in [0.25, 0.3) is 0 Å². The van der Waals surface area contributed by atoms with Gasteiger partial charge in [0.05, 0.1) is 6.10 Å². The van der Waals surface area contributed by atoms with Crippen molar-refractivity contribution in [3.8, 4) is 0 Å². The van der Waals surface area contributed by atoms with Crippen molar-refractivity contribution in [2.45, 2.75) is 71.9 Å². The molecule has 4 heteroatoms. The van der Waals surface area contributed by atoms with Crippen LogP contribution in [0.1, 0.15) is 58.7 Å². The van der Waals surface area contributed by atoms with Gasteiger partial charge in [0.15, 0.2) is 0 Å². The average Bonchev–Trinajstić information content (AvgIpc) is 2.99. The molecule has 1 aromatic heterocycles. The SMILES string of the molecule is CCC1(C(O)Cc2ncnn2CC(C)C)CCCC1. The van der Waals surface area contributed by atoms with Crippen LogP contribution in [0.4, 0.5) is 0 Å². The highest BCUT2D eigenvalue weighted by Crippen LogP contribution is 2.44. The van der Waals surface area contributed by atoms with E-state index in [1.54, 1.807) is 6.33 Å². The normalized spacial score (nSPS) is 20.1. The summed E-state index contributed by atoms with van der Waals surface area (Å²) in [6, 6.07) is 0. The van der Waals surface area contributed by atoms with E-state index in [0.717, 1.165) is 31.6 Å². The first-order chi connectivity index (χ1) is 9.07. The monoisotopic (exact) mass is 265 g/mol. The van der Waals surface area contributed by atoms with Gasteiger partial charge in [0.2, 0.25) is 0 Å². The Morgan fingerprint density at radius 2 is 2.05 bits per heavy atom. The number of rotatable bonds is 6. The molecule has 0 bridgehead atoms. The van der Waals surface area contributed by atoms with Crippen molar-refractivity contribution in [1.29, 1.82) is 0 Å². The van der Waals surface area contributed by atoms with Crippen LogP contribution in [0.2, 0.25) is 0 Å². The van der Waals surface area contributed by atoms with Crippen LogP contribution < -0.4 is 0 Å². The fraction of sp³-hybridized carbons (Fsp3) is 0.867. The van der Waals surface area contributed by atoms with Crippen LogP contribution in [-0.4, -0.2) is 26.0 Å². The molecule has 1 aliphatic carbocycles. The standard InChI is InChI=1S/C15H27N3O/c1-4-15(7-5-6-8-15)13(19)9-14-16-11-17-18(14)10-12(2)3/h11-13,19H,4-10H2,1-3H3. The van der Waals surface area contributed by atoms with Crippen LogP contribution in [0.15, 0.2) is 6.33 Å². The molecule has 4 nitrogen and oxygen atoms in total.